The highest BCUT2D eigenvalue weighted by atomic mass is 127. The van der Waals surface area contributed by atoms with Gasteiger partial charge in [-0.3, -0.25) is 0 Å². The molecule has 0 unspecified atom stereocenters. The molecule has 0 atom stereocenters. The SMILES string of the molecule is Cc1nnc(CNC(=NCc2ccc(F)cc2C(F)(F)F)NC2CCCC2)n1C.I. The smallest absolute Gasteiger partial charge is 0.354 e. The normalized spacial score (nSPS) is 15.2. The van der Waals surface area contributed by atoms with Gasteiger partial charge < -0.3 is 15.2 Å². The molecule has 0 aliphatic heterocycles. The van der Waals surface area contributed by atoms with Crippen molar-refractivity contribution in [2.45, 2.75) is 57.9 Å². The number of halogens is 5. The Bertz CT molecular complexity index is 874. The summed E-state index contributed by atoms with van der Waals surface area (Å²) in [5, 5.41) is 14.5. The summed E-state index contributed by atoms with van der Waals surface area (Å²) in [6.45, 7) is 1.93. The lowest BCUT2D eigenvalue weighted by Gasteiger charge is -2.18. The number of aromatic nitrogens is 3. The number of benzene rings is 1. The molecule has 0 amide bonds. The van der Waals surface area contributed by atoms with E-state index in [1.807, 2.05) is 18.5 Å². The van der Waals surface area contributed by atoms with Crippen LogP contribution in [0.4, 0.5) is 17.6 Å². The van der Waals surface area contributed by atoms with Crippen LogP contribution in [0.15, 0.2) is 23.2 Å². The van der Waals surface area contributed by atoms with Gasteiger partial charge in [-0.25, -0.2) is 9.38 Å². The third-order valence-corrected chi connectivity index (χ3v) is 5.08. The largest absolute Gasteiger partial charge is 0.416 e. The number of guanidine groups is 1. The molecule has 3 rings (SSSR count). The van der Waals surface area contributed by atoms with Crippen LogP contribution in [-0.4, -0.2) is 26.8 Å². The maximum atomic E-state index is 13.3. The van der Waals surface area contributed by atoms with Crippen molar-refractivity contribution >= 4 is 29.9 Å². The predicted molar refractivity (Wildman–Crippen MR) is 116 cm³/mol. The van der Waals surface area contributed by atoms with Crippen LogP contribution in [0.3, 0.4) is 0 Å². The Balaban J connectivity index is 0.00000320. The summed E-state index contributed by atoms with van der Waals surface area (Å²) in [4.78, 5) is 4.33. The molecular weight excluding hydrogens is 515 g/mol. The van der Waals surface area contributed by atoms with Gasteiger partial charge in [-0.05, 0) is 37.5 Å². The molecule has 2 aromatic rings. The molecule has 1 aromatic heterocycles. The molecular formula is C19H25F4IN6. The third kappa shape index (κ3) is 6.29. The first-order valence-corrected chi connectivity index (χ1v) is 9.49. The Kier molecular flexibility index (Phi) is 8.44. The third-order valence-electron chi connectivity index (χ3n) is 5.08. The molecule has 11 heteroatoms. The number of hydrogen-bond acceptors (Lipinski definition) is 3. The van der Waals surface area contributed by atoms with Crippen molar-refractivity contribution in [3.8, 4) is 0 Å². The second-order valence-electron chi connectivity index (χ2n) is 7.17. The average molecular weight is 540 g/mol. The number of aliphatic imine (C=N–C) groups is 1. The van der Waals surface area contributed by atoms with Gasteiger partial charge in [-0.15, -0.1) is 34.2 Å². The van der Waals surface area contributed by atoms with E-state index < -0.39 is 17.6 Å². The molecule has 1 aliphatic rings. The van der Waals surface area contributed by atoms with Crippen LogP contribution >= 0.6 is 24.0 Å². The van der Waals surface area contributed by atoms with Crippen LogP contribution in [0.2, 0.25) is 0 Å². The van der Waals surface area contributed by atoms with Crippen molar-refractivity contribution in [3.05, 3.63) is 46.8 Å². The molecule has 0 spiro atoms. The first-order valence-electron chi connectivity index (χ1n) is 9.49. The van der Waals surface area contributed by atoms with E-state index in [2.05, 4.69) is 25.8 Å². The lowest BCUT2D eigenvalue weighted by molar-refractivity contribution is -0.138. The van der Waals surface area contributed by atoms with Crippen molar-refractivity contribution in [1.82, 2.24) is 25.4 Å². The van der Waals surface area contributed by atoms with E-state index in [0.717, 1.165) is 43.6 Å². The van der Waals surface area contributed by atoms with Gasteiger partial charge in [0.15, 0.2) is 11.8 Å². The highest BCUT2D eigenvalue weighted by Gasteiger charge is 2.33. The Labute approximate surface area is 189 Å². The number of nitrogens with zero attached hydrogens (tertiary/aromatic N) is 4. The lowest BCUT2D eigenvalue weighted by Crippen LogP contribution is -2.42. The summed E-state index contributed by atoms with van der Waals surface area (Å²) >= 11 is 0. The van der Waals surface area contributed by atoms with Gasteiger partial charge in [0.25, 0.3) is 0 Å². The number of nitrogens with one attached hydrogen (secondary N) is 2. The minimum absolute atomic E-state index is 0. The molecule has 1 aromatic carbocycles. The monoisotopic (exact) mass is 540 g/mol. The molecule has 2 N–H and O–H groups in total. The minimum Gasteiger partial charge on any atom is -0.354 e. The first kappa shape index (κ1) is 24.4. The van der Waals surface area contributed by atoms with E-state index in [4.69, 9.17) is 0 Å². The van der Waals surface area contributed by atoms with Crippen LogP contribution in [0.1, 0.15) is 48.5 Å². The van der Waals surface area contributed by atoms with Gasteiger partial charge in [0.1, 0.15) is 11.6 Å². The fourth-order valence-corrected chi connectivity index (χ4v) is 3.30. The molecule has 0 saturated heterocycles. The maximum Gasteiger partial charge on any atom is 0.416 e. The highest BCUT2D eigenvalue weighted by Crippen LogP contribution is 2.32. The van der Waals surface area contributed by atoms with Gasteiger partial charge >= 0.3 is 6.18 Å². The van der Waals surface area contributed by atoms with Crippen molar-refractivity contribution in [2.24, 2.45) is 12.0 Å². The summed E-state index contributed by atoms with van der Waals surface area (Å²) in [6, 6.07) is 2.86. The zero-order chi connectivity index (χ0) is 21.0. The first-order chi connectivity index (χ1) is 13.7. The van der Waals surface area contributed by atoms with E-state index in [0.29, 0.717) is 24.4 Å². The Hall–Kier alpha value is -1.92. The quantitative estimate of drug-likeness (QED) is 0.260. The van der Waals surface area contributed by atoms with Gasteiger partial charge in [-0.1, -0.05) is 18.9 Å². The Morgan fingerprint density at radius 3 is 2.53 bits per heavy atom. The molecule has 0 radical (unpaired) electrons. The summed E-state index contributed by atoms with van der Waals surface area (Å²) in [5.74, 6) is 0.909. The number of alkyl halides is 3. The molecule has 0 bridgehead atoms. The van der Waals surface area contributed by atoms with E-state index in [-0.39, 0.29) is 42.1 Å². The van der Waals surface area contributed by atoms with E-state index in [1.54, 1.807) is 0 Å². The van der Waals surface area contributed by atoms with Crippen molar-refractivity contribution in [2.75, 3.05) is 0 Å². The van der Waals surface area contributed by atoms with Gasteiger partial charge in [-0.2, -0.15) is 13.2 Å². The fourth-order valence-electron chi connectivity index (χ4n) is 3.30. The van der Waals surface area contributed by atoms with Crippen LogP contribution in [-0.2, 0) is 26.3 Å². The van der Waals surface area contributed by atoms with Gasteiger partial charge in [0.05, 0.1) is 18.7 Å². The topological polar surface area (TPSA) is 67.1 Å². The van der Waals surface area contributed by atoms with Crippen LogP contribution in [0, 0.1) is 12.7 Å². The fraction of sp³-hybridized carbons (Fsp3) is 0.526. The molecule has 1 aliphatic carbocycles. The molecule has 1 fully saturated rings. The maximum absolute atomic E-state index is 13.3. The highest BCUT2D eigenvalue weighted by molar-refractivity contribution is 14.0. The van der Waals surface area contributed by atoms with E-state index in [9.17, 15) is 17.6 Å². The van der Waals surface area contributed by atoms with Crippen LogP contribution in [0.5, 0.6) is 0 Å². The summed E-state index contributed by atoms with van der Waals surface area (Å²) in [7, 11) is 1.84. The Morgan fingerprint density at radius 2 is 1.93 bits per heavy atom. The molecule has 1 heterocycles. The number of hydrogen-bond donors (Lipinski definition) is 2. The second kappa shape index (κ2) is 10.4. The van der Waals surface area contributed by atoms with Gasteiger partial charge in [0, 0.05) is 13.1 Å². The van der Waals surface area contributed by atoms with E-state index >= 15 is 0 Å². The van der Waals surface area contributed by atoms with Crippen molar-refractivity contribution in [3.63, 3.8) is 0 Å². The molecule has 6 nitrogen and oxygen atoms in total. The molecule has 30 heavy (non-hydrogen) atoms. The van der Waals surface area contributed by atoms with Crippen LogP contribution in [0.25, 0.3) is 0 Å². The van der Waals surface area contributed by atoms with Crippen molar-refractivity contribution in [1.29, 1.82) is 0 Å². The summed E-state index contributed by atoms with van der Waals surface area (Å²) < 4.78 is 54.8. The molecule has 1 saturated carbocycles. The standard InChI is InChI=1S/C19H24F4N6.HI/c1-12-27-28-17(29(12)2)11-25-18(26-15-5-3-4-6-15)24-10-13-7-8-14(20)9-16(13)19(21,22)23;/h7-9,15H,3-6,10-11H2,1-2H3,(H2,24,25,26);1H. The molecule has 166 valence electrons. The minimum atomic E-state index is -4.64. The van der Waals surface area contributed by atoms with Crippen molar-refractivity contribution < 1.29 is 17.6 Å². The average Bonchev–Trinajstić information content (AvgIpc) is 3.28. The zero-order valence-corrected chi connectivity index (χ0v) is 19.1. The lowest BCUT2D eigenvalue weighted by atomic mass is 10.1. The van der Waals surface area contributed by atoms with Gasteiger partial charge in [0.2, 0.25) is 0 Å². The summed E-state index contributed by atoms with van der Waals surface area (Å²) in [5.41, 5.74) is -1.09. The van der Waals surface area contributed by atoms with E-state index in [1.165, 1.54) is 0 Å². The predicted octanol–water partition coefficient (Wildman–Crippen LogP) is 4.08. The number of aryl methyl sites for hydroxylation is 1. The zero-order valence-electron chi connectivity index (χ0n) is 16.8. The number of rotatable bonds is 5. The van der Waals surface area contributed by atoms with Crippen LogP contribution < -0.4 is 10.6 Å². The Morgan fingerprint density at radius 1 is 1.23 bits per heavy atom. The second-order valence-corrected chi connectivity index (χ2v) is 7.17. The summed E-state index contributed by atoms with van der Waals surface area (Å²) in [6.07, 6.45) is -0.481.